The number of hydrogen-bond donors (Lipinski definition) is 1. The largest absolute Gasteiger partial charge is 0.487 e. The molecule has 0 saturated carbocycles. The lowest BCUT2D eigenvalue weighted by atomic mass is 10.0. The van der Waals surface area contributed by atoms with Gasteiger partial charge in [0.15, 0.2) is 0 Å². The van der Waals surface area contributed by atoms with Crippen LogP contribution in [0.4, 0.5) is 0 Å². The van der Waals surface area contributed by atoms with Crippen molar-refractivity contribution in [2.24, 2.45) is 5.73 Å². The lowest BCUT2D eigenvalue weighted by Crippen LogP contribution is -2.29. The first-order valence-electron chi connectivity index (χ1n) is 7.29. The monoisotopic (exact) mass is 263 g/mol. The smallest absolute Gasteiger partial charge is 0.125 e. The van der Waals surface area contributed by atoms with Crippen LogP contribution < -0.4 is 10.5 Å². The molecular weight excluding hydrogens is 238 g/mol. The van der Waals surface area contributed by atoms with Crippen molar-refractivity contribution >= 4 is 0 Å². The van der Waals surface area contributed by atoms with Gasteiger partial charge in [-0.3, -0.25) is 0 Å². The first-order valence-corrected chi connectivity index (χ1v) is 7.29. The van der Waals surface area contributed by atoms with Crippen molar-refractivity contribution in [2.45, 2.75) is 51.7 Å². The SMILES string of the molecule is CCC(N)Cc1cccc(C)c1OC1CCCOC1. The zero-order valence-corrected chi connectivity index (χ0v) is 12.0. The van der Waals surface area contributed by atoms with Gasteiger partial charge in [0.25, 0.3) is 0 Å². The van der Waals surface area contributed by atoms with Crippen LogP contribution >= 0.6 is 0 Å². The number of ether oxygens (including phenoxy) is 2. The van der Waals surface area contributed by atoms with Gasteiger partial charge in [-0.1, -0.05) is 25.1 Å². The van der Waals surface area contributed by atoms with Crippen molar-refractivity contribution in [3.05, 3.63) is 29.3 Å². The molecule has 1 aliphatic heterocycles. The molecule has 0 amide bonds. The highest BCUT2D eigenvalue weighted by atomic mass is 16.5. The second-order valence-electron chi connectivity index (χ2n) is 5.39. The Morgan fingerprint density at radius 1 is 1.47 bits per heavy atom. The number of rotatable bonds is 5. The molecule has 0 bridgehead atoms. The third-order valence-electron chi connectivity index (χ3n) is 3.70. The van der Waals surface area contributed by atoms with E-state index in [1.165, 1.54) is 11.1 Å². The van der Waals surface area contributed by atoms with Crippen LogP contribution in [0.3, 0.4) is 0 Å². The molecule has 0 radical (unpaired) electrons. The Labute approximate surface area is 116 Å². The highest BCUT2D eigenvalue weighted by Crippen LogP contribution is 2.27. The van der Waals surface area contributed by atoms with Gasteiger partial charge in [0.05, 0.1) is 6.61 Å². The summed E-state index contributed by atoms with van der Waals surface area (Å²) in [5.74, 6) is 1.02. The summed E-state index contributed by atoms with van der Waals surface area (Å²) in [6.45, 7) is 5.78. The van der Waals surface area contributed by atoms with Crippen molar-refractivity contribution < 1.29 is 9.47 Å². The van der Waals surface area contributed by atoms with E-state index >= 15 is 0 Å². The molecule has 0 aliphatic carbocycles. The van der Waals surface area contributed by atoms with Gasteiger partial charge >= 0.3 is 0 Å². The van der Waals surface area contributed by atoms with E-state index in [-0.39, 0.29) is 12.1 Å². The van der Waals surface area contributed by atoms with Gasteiger partial charge in [-0.25, -0.2) is 0 Å². The van der Waals surface area contributed by atoms with Crippen molar-refractivity contribution in [3.8, 4) is 5.75 Å². The molecular formula is C16H25NO2. The highest BCUT2D eigenvalue weighted by Gasteiger charge is 2.18. The summed E-state index contributed by atoms with van der Waals surface area (Å²) in [5.41, 5.74) is 8.49. The van der Waals surface area contributed by atoms with E-state index in [1.807, 2.05) is 0 Å². The van der Waals surface area contributed by atoms with E-state index in [4.69, 9.17) is 15.2 Å². The van der Waals surface area contributed by atoms with Crippen LogP contribution in [-0.2, 0) is 11.2 Å². The minimum Gasteiger partial charge on any atom is -0.487 e. The van der Waals surface area contributed by atoms with Gasteiger partial charge in [0.2, 0.25) is 0 Å². The Morgan fingerprint density at radius 2 is 2.32 bits per heavy atom. The molecule has 0 spiro atoms. The van der Waals surface area contributed by atoms with Crippen molar-refractivity contribution in [3.63, 3.8) is 0 Å². The molecule has 1 fully saturated rings. The minimum atomic E-state index is 0.187. The molecule has 1 aliphatic rings. The van der Waals surface area contributed by atoms with Crippen molar-refractivity contribution in [1.82, 2.24) is 0 Å². The molecule has 0 aromatic heterocycles. The lowest BCUT2D eigenvalue weighted by molar-refractivity contribution is 0.00673. The second kappa shape index (κ2) is 6.92. The second-order valence-corrected chi connectivity index (χ2v) is 5.39. The van der Waals surface area contributed by atoms with Crippen LogP contribution in [0.2, 0.25) is 0 Å². The highest BCUT2D eigenvalue weighted by molar-refractivity contribution is 5.41. The molecule has 1 saturated heterocycles. The molecule has 3 heteroatoms. The maximum absolute atomic E-state index is 6.18. The third kappa shape index (κ3) is 3.95. The summed E-state index contributed by atoms with van der Waals surface area (Å²) < 4.78 is 11.7. The number of para-hydroxylation sites is 1. The number of benzene rings is 1. The van der Waals surface area contributed by atoms with Gasteiger partial charge in [0.1, 0.15) is 11.9 Å². The standard InChI is InChI=1S/C16H25NO2/c1-3-14(17)10-13-7-4-6-12(2)16(13)19-15-8-5-9-18-11-15/h4,6-7,14-15H,3,5,8-11,17H2,1-2H3. The Bertz CT molecular complexity index is 400. The fraction of sp³-hybridized carbons (Fsp3) is 0.625. The van der Waals surface area contributed by atoms with E-state index in [2.05, 4.69) is 32.0 Å². The summed E-state index contributed by atoms with van der Waals surface area (Å²) in [5, 5.41) is 0. The maximum atomic E-state index is 6.18. The molecule has 1 aromatic carbocycles. The van der Waals surface area contributed by atoms with Gasteiger partial charge < -0.3 is 15.2 Å². The van der Waals surface area contributed by atoms with Gasteiger partial charge in [0, 0.05) is 12.6 Å². The molecule has 19 heavy (non-hydrogen) atoms. The molecule has 2 N–H and O–H groups in total. The third-order valence-corrected chi connectivity index (χ3v) is 3.70. The van der Waals surface area contributed by atoms with Crippen LogP contribution in [-0.4, -0.2) is 25.4 Å². The fourth-order valence-corrected chi connectivity index (χ4v) is 2.44. The first kappa shape index (κ1) is 14.4. The first-order chi connectivity index (χ1) is 9.20. The predicted molar refractivity (Wildman–Crippen MR) is 77.6 cm³/mol. The van der Waals surface area contributed by atoms with Crippen LogP contribution in [0.25, 0.3) is 0 Å². The molecule has 106 valence electrons. The topological polar surface area (TPSA) is 44.5 Å². The maximum Gasteiger partial charge on any atom is 0.125 e. The molecule has 2 unspecified atom stereocenters. The zero-order valence-electron chi connectivity index (χ0n) is 12.0. The van der Waals surface area contributed by atoms with E-state index in [0.717, 1.165) is 38.0 Å². The van der Waals surface area contributed by atoms with Crippen LogP contribution in [0.15, 0.2) is 18.2 Å². The lowest BCUT2D eigenvalue weighted by Gasteiger charge is -2.26. The van der Waals surface area contributed by atoms with Crippen molar-refractivity contribution in [1.29, 1.82) is 0 Å². The fourth-order valence-electron chi connectivity index (χ4n) is 2.44. The Kier molecular flexibility index (Phi) is 5.23. The van der Waals surface area contributed by atoms with Gasteiger partial charge in [-0.15, -0.1) is 0 Å². The van der Waals surface area contributed by atoms with Crippen LogP contribution in [0.1, 0.15) is 37.3 Å². The molecule has 2 rings (SSSR count). The number of nitrogens with two attached hydrogens (primary N) is 1. The number of hydrogen-bond acceptors (Lipinski definition) is 3. The molecule has 3 nitrogen and oxygen atoms in total. The summed E-state index contributed by atoms with van der Waals surface area (Å²) in [6.07, 6.45) is 4.21. The summed E-state index contributed by atoms with van der Waals surface area (Å²) >= 11 is 0. The predicted octanol–water partition coefficient (Wildman–Crippen LogP) is 2.83. The van der Waals surface area contributed by atoms with Gasteiger partial charge in [-0.05, 0) is 43.7 Å². The minimum absolute atomic E-state index is 0.187. The summed E-state index contributed by atoms with van der Waals surface area (Å²) in [7, 11) is 0. The van der Waals surface area contributed by atoms with Crippen LogP contribution in [0.5, 0.6) is 5.75 Å². The summed E-state index contributed by atoms with van der Waals surface area (Å²) in [4.78, 5) is 0. The molecule has 2 atom stereocenters. The Morgan fingerprint density at radius 3 is 3.00 bits per heavy atom. The van der Waals surface area contributed by atoms with E-state index in [9.17, 15) is 0 Å². The van der Waals surface area contributed by atoms with E-state index in [1.54, 1.807) is 0 Å². The average Bonchev–Trinajstić information content (AvgIpc) is 2.43. The van der Waals surface area contributed by atoms with E-state index in [0.29, 0.717) is 6.61 Å². The quantitative estimate of drug-likeness (QED) is 0.888. The average molecular weight is 263 g/mol. The van der Waals surface area contributed by atoms with Crippen molar-refractivity contribution in [2.75, 3.05) is 13.2 Å². The molecule has 1 heterocycles. The number of aryl methyl sites for hydroxylation is 1. The molecule has 1 aromatic rings. The Hall–Kier alpha value is -1.06. The Balaban J connectivity index is 2.12. The zero-order chi connectivity index (χ0) is 13.7. The van der Waals surface area contributed by atoms with Crippen LogP contribution in [0, 0.1) is 6.92 Å². The van der Waals surface area contributed by atoms with Gasteiger partial charge in [-0.2, -0.15) is 0 Å². The van der Waals surface area contributed by atoms with E-state index < -0.39 is 0 Å². The summed E-state index contributed by atoms with van der Waals surface area (Å²) in [6, 6.07) is 6.51. The normalized spacial score (nSPS) is 21.1.